The van der Waals surface area contributed by atoms with Crippen LogP contribution < -0.4 is 10.6 Å². The summed E-state index contributed by atoms with van der Waals surface area (Å²) in [5.74, 6) is 0.606. The Kier molecular flexibility index (Phi) is 4.07. The van der Waals surface area contributed by atoms with Gasteiger partial charge in [0.15, 0.2) is 5.84 Å². The average Bonchev–Trinajstić information content (AvgIpc) is 2.28. The lowest BCUT2D eigenvalue weighted by molar-refractivity contribution is 0.304. The van der Waals surface area contributed by atoms with Crippen LogP contribution in [0.4, 0.5) is 5.82 Å². The van der Waals surface area contributed by atoms with E-state index in [-0.39, 0.29) is 12.4 Å². The molecule has 0 aliphatic rings. The van der Waals surface area contributed by atoms with Gasteiger partial charge < -0.3 is 20.9 Å². The van der Waals surface area contributed by atoms with Crippen molar-refractivity contribution in [2.75, 3.05) is 25.1 Å². The van der Waals surface area contributed by atoms with Gasteiger partial charge in [0.05, 0.1) is 12.2 Å². The number of amidine groups is 1. The summed E-state index contributed by atoms with van der Waals surface area (Å²) in [6, 6.07) is 1.78. The SMILES string of the molecule is Cc1ccnc(N(C)CCO)c1/C(N)=N/O. The smallest absolute Gasteiger partial charge is 0.174 e. The first kappa shape index (κ1) is 12.3. The summed E-state index contributed by atoms with van der Waals surface area (Å²) in [6.45, 7) is 2.30. The zero-order valence-electron chi connectivity index (χ0n) is 9.38. The van der Waals surface area contributed by atoms with Crippen molar-refractivity contribution in [2.45, 2.75) is 6.92 Å². The molecule has 16 heavy (non-hydrogen) atoms. The second-order valence-electron chi connectivity index (χ2n) is 3.46. The Morgan fingerprint density at radius 1 is 1.62 bits per heavy atom. The lowest BCUT2D eigenvalue weighted by Gasteiger charge is -2.20. The molecule has 0 unspecified atom stereocenters. The van der Waals surface area contributed by atoms with E-state index in [4.69, 9.17) is 16.0 Å². The molecule has 0 aliphatic carbocycles. The summed E-state index contributed by atoms with van der Waals surface area (Å²) in [4.78, 5) is 5.92. The van der Waals surface area contributed by atoms with Crippen LogP contribution in [0.2, 0.25) is 0 Å². The number of nitrogens with two attached hydrogens (primary N) is 1. The van der Waals surface area contributed by atoms with E-state index >= 15 is 0 Å². The molecule has 0 aliphatic heterocycles. The zero-order chi connectivity index (χ0) is 12.1. The maximum Gasteiger partial charge on any atom is 0.174 e. The second-order valence-corrected chi connectivity index (χ2v) is 3.46. The fraction of sp³-hybridized carbons (Fsp3) is 0.400. The van der Waals surface area contributed by atoms with Crippen LogP contribution in [0.5, 0.6) is 0 Å². The van der Waals surface area contributed by atoms with Gasteiger partial charge in [0.2, 0.25) is 0 Å². The number of rotatable bonds is 4. The minimum absolute atomic E-state index is 0.0156. The Labute approximate surface area is 94.0 Å². The molecule has 1 aromatic rings. The lowest BCUT2D eigenvalue weighted by atomic mass is 10.1. The van der Waals surface area contributed by atoms with E-state index < -0.39 is 0 Å². The largest absolute Gasteiger partial charge is 0.409 e. The number of pyridine rings is 1. The van der Waals surface area contributed by atoms with E-state index in [0.717, 1.165) is 5.56 Å². The van der Waals surface area contributed by atoms with Crippen LogP contribution in [0.25, 0.3) is 0 Å². The summed E-state index contributed by atoms with van der Waals surface area (Å²) < 4.78 is 0. The van der Waals surface area contributed by atoms with E-state index in [1.54, 1.807) is 24.2 Å². The molecule has 0 saturated heterocycles. The molecule has 0 atom stereocenters. The lowest BCUT2D eigenvalue weighted by Crippen LogP contribution is -2.27. The number of aromatic nitrogens is 1. The van der Waals surface area contributed by atoms with Gasteiger partial charge in [-0.25, -0.2) is 4.98 Å². The number of anilines is 1. The van der Waals surface area contributed by atoms with Crippen LogP contribution in [0.3, 0.4) is 0 Å². The van der Waals surface area contributed by atoms with Crippen LogP contribution in [-0.4, -0.2) is 41.3 Å². The maximum absolute atomic E-state index is 8.87. The molecular weight excluding hydrogens is 208 g/mol. The van der Waals surface area contributed by atoms with Crippen LogP contribution in [0.15, 0.2) is 17.4 Å². The average molecular weight is 224 g/mol. The normalized spacial score (nSPS) is 11.6. The number of likely N-dealkylation sites (N-methyl/N-ethyl adjacent to an activating group) is 1. The van der Waals surface area contributed by atoms with E-state index in [0.29, 0.717) is 17.9 Å². The number of aryl methyl sites for hydroxylation is 1. The molecule has 1 rings (SSSR count). The van der Waals surface area contributed by atoms with Crippen molar-refractivity contribution in [3.05, 3.63) is 23.4 Å². The molecule has 4 N–H and O–H groups in total. The van der Waals surface area contributed by atoms with E-state index in [1.807, 2.05) is 6.92 Å². The molecule has 6 heteroatoms. The number of nitrogens with zero attached hydrogens (tertiary/aromatic N) is 3. The number of oxime groups is 1. The highest BCUT2D eigenvalue weighted by Crippen LogP contribution is 2.19. The predicted octanol–water partition coefficient (Wildman–Crippen LogP) is -0.0870. The van der Waals surface area contributed by atoms with Gasteiger partial charge in [-0.15, -0.1) is 0 Å². The molecule has 0 spiro atoms. The molecular formula is C10H16N4O2. The Balaban J connectivity index is 3.23. The molecule has 0 saturated carbocycles. The standard InChI is InChI=1S/C10H16N4O2/c1-7-3-4-12-10(14(2)5-6-15)8(7)9(11)13-16/h3-4,15-16H,5-6H2,1-2H3,(H2,11,13). The molecule has 0 amide bonds. The summed E-state index contributed by atoms with van der Waals surface area (Å²) >= 11 is 0. The third kappa shape index (κ3) is 2.40. The first-order chi connectivity index (χ1) is 7.61. The summed E-state index contributed by atoms with van der Waals surface area (Å²) in [5.41, 5.74) is 7.05. The van der Waals surface area contributed by atoms with E-state index in [2.05, 4.69) is 10.1 Å². The third-order valence-electron chi connectivity index (χ3n) is 2.30. The Bertz CT molecular complexity index is 392. The number of aliphatic hydroxyl groups is 1. The minimum Gasteiger partial charge on any atom is -0.409 e. The van der Waals surface area contributed by atoms with Crippen LogP contribution in [0, 0.1) is 6.92 Å². The van der Waals surface area contributed by atoms with Gasteiger partial charge in [-0.2, -0.15) is 0 Å². The maximum atomic E-state index is 8.87. The van der Waals surface area contributed by atoms with Gasteiger partial charge >= 0.3 is 0 Å². The molecule has 0 bridgehead atoms. The van der Waals surface area contributed by atoms with Gasteiger partial charge in [0.1, 0.15) is 5.82 Å². The minimum atomic E-state index is 0.0156. The quantitative estimate of drug-likeness (QED) is 0.287. The second kappa shape index (κ2) is 5.32. The first-order valence-electron chi connectivity index (χ1n) is 4.87. The van der Waals surface area contributed by atoms with Gasteiger partial charge in [0, 0.05) is 19.8 Å². The molecule has 1 aromatic heterocycles. The van der Waals surface area contributed by atoms with Crippen molar-refractivity contribution in [1.82, 2.24) is 4.98 Å². The molecule has 88 valence electrons. The molecule has 0 radical (unpaired) electrons. The van der Waals surface area contributed by atoms with Gasteiger partial charge in [-0.3, -0.25) is 0 Å². The van der Waals surface area contributed by atoms with Crippen molar-refractivity contribution in [2.24, 2.45) is 10.9 Å². The molecule has 0 fully saturated rings. The topological polar surface area (TPSA) is 95.0 Å². The first-order valence-corrected chi connectivity index (χ1v) is 4.87. The molecule has 1 heterocycles. The van der Waals surface area contributed by atoms with Crippen molar-refractivity contribution < 1.29 is 10.3 Å². The molecule has 0 aromatic carbocycles. The van der Waals surface area contributed by atoms with E-state index in [1.165, 1.54) is 0 Å². The Hall–Kier alpha value is -1.82. The summed E-state index contributed by atoms with van der Waals surface area (Å²) in [5, 5.41) is 20.6. The highest BCUT2D eigenvalue weighted by Gasteiger charge is 2.14. The van der Waals surface area contributed by atoms with Gasteiger partial charge in [-0.1, -0.05) is 5.16 Å². The highest BCUT2D eigenvalue weighted by molar-refractivity contribution is 6.02. The highest BCUT2D eigenvalue weighted by atomic mass is 16.4. The monoisotopic (exact) mass is 224 g/mol. The van der Waals surface area contributed by atoms with Crippen molar-refractivity contribution in [1.29, 1.82) is 0 Å². The molecule has 6 nitrogen and oxygen atoms in total. The number of hydrogen-bond donors (Lipinski definition) is 3. The van der Waals surface area contributed by atoms with Crippen molar-refractivity contribution in [3.8, 4) is 0 Å². The van der Waals surface area contributed by atoms with Crippen LogP contribution in [-0.2, 0) is 0 Å². The van der Waals surface area contributed by atoms with Gasteiger partial charge in [0.25, 0.3) is 0 Å². The fourth-order valence-corrected chi connectivity index (χ4v) is 1.46. The summed E-state index contributed by atoms with van der Waals surface area (Å²) in [6.07, 6.45) is 1.65. The van der Waals surface area contributed by atoms with E-state index in [9.17, 15) is 0 Å². The number of hydrogen-bond acceptors (Lipinski definition) is 5. The third-order valence-corrected chi connectivity index (χ3v) is 2.30. The Morgan fingerprint density at radius 2 is 2.31 bits per heavy atom. The zero-order valence-corrected chi connectivity index (χ0v) is 9.38. The van der Waals surface area contributed by atoms with Crippen molar-refractivity contribution in [3.63, 3.8) is 0 Å². The summed E-state index contributed by atoms with van der Waals surface area (Å²) in [7, 11) is 1.78. The fourth-order valence-electron chi connectivity index (χ4n) is 1.46. The number of aliphatic hydroxyl groups excluding tert-OH is 1. The Morgan fingerprint density at radius 3 is 2.88 bits per heavy atom. The van der Waals surface area contributed by atoms with Crippen molar-refractivity contribution >= 4 is 11.7 Å². The predicted molar refractivity (Wildman–Crippen MR) is 61.8 cm³/mol. The van der Waals surface area contributed by atoms with Gasteiger partial charge in [-0.05, 0) is 18.6 Å². The van der Waals surface area contributed by atoms with Crippen LogP contribution >= 0.6 is 0 Å². The van der Waals surface area contributed by atoms with Crippen LogP contribution in [0.1, 0.15) is 11.1 Å².